The molecule has 0 N–H and O–H groups in total. The summed E-state index contributed by atoms with van der Waals surface area (Å²) in [6.07, 6.45) is 0.163. The van der Waals surface area contributed by atoms with Crippen LogP contribution in [0.2, 0.25) is 5.02 Å². The maximum Gasteiger partial charge on any atom is 0.307 e. The number of rotatable bonds is 6. The lowest BCUT2D eigenvalue weighted by molar-refractivity contribution is -0.141. The van der Waals surface area contributed by atoms with Gasteiger partial charge in [-0.25, -0.2) is 0 Å². The van der Waals surface area contributed by atoms with Gasteiger partial charge in [0.05, 0.1) is 13.5 Å². The molecule has 0 saturated carbocycles. The number of nitrogens with zero attached hydrogens (tertiary/aromatic N) is 1. The number of ether oxygens (including phenoxy) is 2. The highest BCUT2D eigenvalue weighted by molar-refractivity contribution is 6.30. The van der Waals surface area contributed by atoms with Gasteiger partial charge in [0.2, 0.25) is 0 Å². The van der Waals surface area contributed by atoms with Gasteiger partial charge in [0, 0.05) is 18.6 Å². The summed E-state index contributed by atoms with van der Waals surface area (Å²) in [6.45, 7) is 0.197. The summed E-state index contributed by atoms with van der Waals surface area (Å²) >= 11 is 5.80. The van der Waals surface area contributed by atoms with Gasteiger partial charge in [-0.1, -0.05) is 17.7 Å². The van der Waals surface area contributed by atoms with E-state index in [2.05, 4.69) is 4.74 Å². The summed E-state index contributed by atoms with van der Waals surface area (Å²) in [5.41, 5.74) is 0. The van der Waals surface area contributed by atoms with E-state index in [-0.39, 0.29) is 24.9 Å². The van der Waals surface area contributed by atoms with Crippen LogP contribution >= 0.6 is 11.6 Å². The second-order valence-electron chi connectivity index (χ2n) is 3.89. The number of hydrogen-bond donors (Lipinski definition) is 0. The van der Waals surface area contributed by atoms with E-state index in [0.717, 1.165) is 0 Å². The molecule has 0 saturated heterocycles. The predicted molar refractivity (Wildman–Crippen MR) is 71.2 cm³/mol. The zero-order valence-corrected chi connectivity index (χ0v) is 11.6. The molecule has 5 nitrogen and oxygen atoms in total. The standard InChI is InChI=1S/C13H16ClNO4/c1-15(7-6-13(17)18-2)12(16)9-19-11-5-3-4-10(14)8-11/h3-5,8H,6-7,9H2,1-2H3. The van der Waals surface area contributed by atoms with Crippen molar-refractivity contribution in [3.63, 3.8) is 0 Å². The first kappa shape index (κ1) is 15.3. The van der Waals surface area contributed by atoms with E-state index in [1.165, 1.54) is 12.0 Å². The van der Waals surface area contributed by atoms with Gasteiger partial charge >= 0.3 is 5.97 Å². The number of carbonyl (C=O) groups excluding carboxylic acids is 2. The zero-order chi connectivity index (χ0) is 14.3. The summed E-state index contributed by atoms with van der Waals surface area (Å²) in [7, 11) is 2.92. The van der Waals surface area contributed by atoms with Gasteiger partial charge in [-0.05, 0) is 18.2 Å². The predicted octanol–water partition coefficient (Wildman–Crippen LogP) is 1.74. The number of benzene rings is 1. The Morgan fingerprint density at radius 3 is 2.74 bits per heavy atom. The van der Waals surface area contributed by atoms with E-state index in [9.17, 15) is 9.59 Å². The van der Waals surface area contributed by atoms with E-state index in [4.69, 9.17) is 16.3 Å². The zero-order valence-electron chi connectivity index (χ0n) is 10.9. The highest BCUT2D eigenvalue weighted by Gasteiger charge is 2.11. The maximum absolute atomic E-state index is 11.7. The van der Waals surface area contributed by atoms with E-state index < -0.39 is 0 Å². The minimum absolute atomic E-state index is 0.0992. The summed E-state index contributed by atoms with van der Waals surface area (Å²) in [5.74, 6) is -0.0403. The molecule has 0 aliphatic carbocycles. The van der Waals surface area contributed by atoms with Crippen molar-refractivity contribution in [3.05, 3.63) is 29.3 Å². The van der Waals surface area contributed by atoms with Crippen LogP contribution in [0.1, 0.15) is 6.42 Å². The topological polar surface area (TPSA) is 55.8 Å². The third-order valence-electron chi connectivity index (χ3n) is 2.46. The van der Waals surface area contributed by atoms with Crippen LogP contribution in [0.4, 0.5) is 0 Å². The van der Waals surface area contributed by atoms with Crippen molar-refractivity contribution in [1.82, 2.24) is 4.90 Å². The monoisotopic (exact) mass is 285 g/mol. The van der Waals surface area contributed by atoms with Crippen molar-refractivity contribution in [2.75, 3.05) is 27.3 Å². The molecule has 0 radical (unpaired) electrons. The fraction of sp³-hybridized carbons (Fsp3) is 0.385. The first-order valence-corrected chi connectivity index (χ1v) is 6.10. The Morgan fingerprint density at radius 1 is 1.37 bits per heavy atom. The molecule has 0 aliphatic rings. The third kappa shape index (κ3) is 5.61. The second-order valence-corrected chi connectivity index (χ2v) is 4.32. The third-order valence-corrected chi connectivity index (χ3v) is 2.70. The molecular weight excluding hydrogens is 270 g/mol. The quantitative estimate of drug-likeness (QED) is 0.747. The summed E-state index contributed by atoms with van der Waals surface area (Å²) in [4.78, 5) is 24.1. The normalized spacial score (nSPS) is 9.84. The van der Waals surface area contributed by atoms with Crippen LogP contribution in [0.25, 0.3) is 0 Å². The smallest absolute Gasteiger partial charge is 0.307 e. The number of halogens is 1. The average Bonchev–Trinajstić information content (AvgIpc) is 2.41. The number of amides is 1. The van der Waals surface area contributed by atoms with Crippen molar-refractivity contribution in [2.24, 2.45) is 0 Å². The lowest BCUT2D eigenvalue weighted by Crippen LogP contribution is -2.33. The Hall–Kier alpha value is -1.75. The Balaban J connectivity index is 2.36. The Kier molecular flexibility index (Phi) is 6.15. The molecular formula is C13H16ClNO4. The summed E-state index contributed by atoms with van der Waals surface area (Å²) < 4.78 is 9.81. The molecule has 0 spiro atoms. The largest absolute Gasteiger partial charge is 0.484 e. The SMILES string of the molecule is COC(=O)CCN(C)C(=O)COc1cccc(Cl)c1. The number of methoxy groups -OCH3 is 1. The van der Waals surface area contributed by atoms with E-state index in [0.29, 0.717) is 17.3 Å². The molecule has 1 amide bonds. The van der Waals surface area contributed by atoms with Crippen molar-refractivity contribution in [1.29, 1.82) is 0 Å². The molecule has 0 unspecified atom stereocenters. The molecule has 0 fully saturated rings. The first-order chi connectivity index (χ1) is 9.02. The fourth-order valence-corrected chi connectivity index (χ4v) is 1.48. The summed E-state index contributed by atoms with van der Waals surface area (Å²) in [5, 5.41) is 0.545. The fourth-order valence-electron chi connectivity index (χ4n) is 1.30. The van der Waals surface area contributed by atoms with Gasteiger partial charge in [0.25, 0.3) is 5.91 Å². The van der Waals surface area contributed by atoms with Gasteiger partial charge < -0.3 is 14.4 Å². The molecule has 1 rings (SSSR count). The van der Waals surface area contributed by atoms with Gasteiger partial charge in [-0.15, -0.1) is 0 Å². The van der Waals surface area contributed by atoms with Crippen LogP contribution in [0.15, 0.2) is 24.3 Å². The number of hydrogen-bond acceptors (Lipinski definition) is 4. The lowest BCUT2D eigenvalue weighted by atomic mass is 10.3. The first-order valence-electron chi connectivity index (χ1n) is 5.72. The molecule has 1 aromatic carbocycles. The van der Waals surface area contributed by atoms with Crippen molar-refractivity contribution < 1.29 is 19.1 Å². The second kappa shape index (κ2) is 7.63. The molecule has 0 heterocycles. The van der Waals surface area contributed by atoms with Gasteiger partial charge in [0.15, 0.2) is 6.61 Å². The average molecular weight is 286 g/mol. The summed E-state index contributed by atoms with van der Waals surface area (Å²) in [6, 6.07) is 6.80. The lowest BCUT2D eigenvalue weighted by Gasteiger charge is -2.16. The Morgan fingerprint density at radius 2 is 2.11 bits per heavy atom. The molecule has 0 bridgehead atoms. The molecule has 0 aliphatic heterocycles. The van der Waals surface area contributed by atoms with Gasteiger partial charge in [0.1, 0.15) is 5.75 Å². The van der Waals surface area contributed by atoms with Crippen LogP contribution in [-0.2, 0) is 14.3 Å². The molecule has 0 aromatic heterocycles. The van der Waals surface area contributed by atoms with Crippen LogP contribution in [0.5, 0.6) is 5.75 Å². The highest BCUT2D eigenvalue weighted by atomic mass is 35.5. The van der Waals surface area contributed by atoms with E-state index in [1.54, 1.807) is 31.3 Å². The van der Waals surface area contributed by atoms with Crippen LogP contribution in [0, 0.1) is 0 Å². The number of carbonyl (C=O) groups is 2. The number of likely N-dealkylation sites (N-methyl/N-ethyl adjacent to an activating group) is 1. The molecule has 1 aromatic rings. The minimum atomic E-state index is -0.351. The van der Waals surface area contributed by atoms with Crippen LogP contribution in [0.3, 0.4) is 0 Å². The van der Waals surface area contributed by atoms with Crippen LogP contribution < -0.4 is 4.74 Å². The van der Waals surface area contributed by atoms with Crippen molar-refractivity contribution in [3.8, 4) is 5.75 Å². The van der Waals surface area contributed by atoms with Gasteiger partial charge in [-0.3, -0.25) is 9.59 Å². The van der Waals surface area contributed by atoms with Gasteiger partial charge in [-0.2, -0.15) is 0 Å². The van der Waals surface area contributed by atoms with Crippen molar-refractivity contribution >= 4 is 23.5 Å². The van der Waals surface area contributed by atoms with E-state index >= 15 is 0 Å². The Labute approximate surface area is 117 Å². The van der Waals surface area contributed by atoms with Crippen molar-refractivity contribution in [2.45, 2.75) is 6.42 Å². The molecule has 19 heavy (non-hydrogen) atoms. The molecule has 104 valence electrons. The Bertz CT molecular complexity index is 450. The molecule has 6 heteroatoms. The van der Waals surface area contributed by atoms with E-state index in [1.807, 2.05) is 0 Å². The minimum Gasteiger partial charge on any atom is -0.484 e. The molecule has 0 atom stereocenters. The maximum atomic E-state index is 11.7. The highest BCUT2D eigenvalue weighted by Crippen LogP contribution is 2.16. The van der Waals surface area contributed by atoms with Crippen LogP contribution in [-0.4, -0.2) is 44.1 Å². The number of esters is 1.